The summed E-state index contributed by atoms with van der Waals surface area (Å²) in [7, 11) is -3.24. The van der Waals surface area contributed by atoms with Crippen LogP contribution in [0.4, 0.5) is 5.69 Å². The van der Waals surface area contributed by atoms with Crippen molar-refractivity contribution in [2.45, 2.75) is 57.2 Å². The minimum Gasteiger partial charge on any atom is -0.385 e. The Morgan fingerprint density at radius 1 is 1.09 bits per heavy atom. The van der Waals surface area contributed by atoms with E-state index in [-0.39, 0.29) is 6.04 Å². The van der Waals surface area contributed by atoms with Crippen molar-refractivity contribution < 1.29 is 8.42 Å². The molecule has 2 N–H and O–H groups in total. The molecule has 0 radical (unpaired) electrons. The lowest BCUT2D eigenvalue weighted by molar-refractivity contribution is 0.322. The molecule has 0 bridgehead atoms. The Labute approximate surface area is 154 Å². The van der Waals surface area contributed by atoms with Gasteiger partial charge in [0.2, 0.25) is 10.0 Å². The normalized spacial score (nSPS) is 22.8. The number of sulfonamides is 1. The van der Waals surface area contributed by atoms with Crippen molar-refractivity contribution in [2.75, 3.05) is 11.9 Å². The first kappa shape index (κ1) is 19.0. The van der Waals surface area contributed by atoms with Gasteiger partial charge in [-0.05, 0) is 99.2 Å². The number of halogens is 1. The molecular formula is C17H27IN2O2S. The first-order valence-electron chi connectivity index (χ1n) is 8.19. The van der Waals surface area contributed by atoms with Crippen molar-refractivity contribution in [3.05, 3.63) is 27.8 Å². The van der Waals surface area contributed by atoms with Crippen LogP contribution >= 0.6 is 22.6 Å². The summed E-state index contributed by atoms with van der Waals surface area (Å²) >= 11 is 2.30. The fraction of sp³-hybridized carbons (Fsp3) is 0.647. The molecule has 0 aliphatic heterocycles. The molecule has 0 heterocycles. The molecular weight excluding hydrogens is 423 g/mol. The summed E-state index contributed by atoms with van der Waals surface area (Å²) < 4.78 is 27.8. The average molecular weight is 450 g/mol. The molecule has 1 aromatic rings. The number of hydrogen-bond acceptors (Lipinski definition) is 3. The summed E-state index contributed by atoms with van der Waals surface area (Å²) in [5.74, 6) is 0.615. The lowest BCUT2D eigenvalue weighted by atomic mass is 9.86. The second-order valence-corrected chi connectivity index (χ2v) is 11.1. The van der Waals surface area contributed by atoms with Gasteiger partial charge in [-0.25, -0.2) is 13.1 Å². The molecule has 0 atom stereocenters. The Kier molecular flexibility index (Phi) is 6.35. The quantitative estimate of drug-likeness (QED) is 0.668. The predicted octanol–water partition coefficient (Wildman–Crippen LogP) is 3.98. The van der Waals surface area contributed by atoms with Gasteiger partial charge in [0.25, 0.3) is 0 Å². The Bertz CT molecular complexity index is 600. The molecule has 1 aromatic carbocycles. The summed E-state index contributed by atoms with van der Waals surface area (Å²) in [6.07, 6.45) is 3.98. The number of benzene rings is 1. The molecule has 1 fully saturated rings. The predicted molar refractivity (Wildman–Crippen MR) is 105 cm³/mol. The third kappa shape index (κ3) is 5.60. The zero-order valence-electron chi connectivity index (χ0n) is 14.1. The van der Waals surface area contributed by atoms with E-state index in [0.717, 1.165) is 37.9 Å². The molecule has 0 aromatic heterocycles. The van der Waals surface area contributed by atoms with Crippen molar-refractivity contribution in [3.63, 3.8) is 0 Å². The van der Waals surface area contributed by atoms with Crippen LogP contribution in [0.2, 0.25) is 0 Å². The number of rotatable bonds is 5. The SMILES string of the molecule is CC(C)(C)S(=O)(=O)NC1CCC(CNc2ccc(I)cc2)CC1. The van der Waals surface area contributed by atoms with Gasteiger partial charge in [-0.3, -0.25) is 0 Å². The molecule has 1 saturated carbocycles. The van der Waals surface area contributed by atoms with Crippen LogP contribution in [0.5, 0.6) is 0 Å². The van der Waals surface area contributed by atoms with E-state index in [2.05, 4.69) is 56.9 Å². The third-order valence-electron chi connectivity index (χ3n) is 4.41. The number of nitrogens with one attached hydrogen (secondary N) is 2. The van der Waals surface area contributed by atoms with Gasteiger partial charge in [-0.15, -0.1) is 0 Å². The van der Waals surface area contributed by atoms with E-state index in [1.54, 1.807) is 20.8 Å². The minimum atomic E-state index is -3.24. The van der Waals surface area contributed by atoms with E-state index >= 15 is 0 Å². The standard InChI is InChI=1S/C17H27IN2O2S/c1-17(2,3)23(21,22)20-16-8-4-13(5-9-16)12-19-15-10-6-14(18)7-11-15/h6-7,10-11,13,16,19-20H,4-5,8-9,12H2,1-3H3. The van der Waals surface area contributed by atoms with Gasteiger partial charge >= 0.3 is 0 Å². The molecule has 1 aliphatic carbocycles. The maximum absolute atomic E-state index is 12.2. The second kappa shape index (κ2) is 7.70. The van der Waals surface area contributed by atoms with Crippen molar-refractivity contribution >= 4 is 38.3 Å². The van der Waals surface area contributed by atoms with E-state index in [4.69, 9.17) is 0 Å². The highest BCUT2D eigenvalue weighted by atomic mass is 127. The molecule has 0 amide bonds. The fourth-order valence-corrected chi connectivity index (χ4v) is 4.10. The minimum absolute atomic E-state index is 0.0915. The first-order chi connectivity index (χ1) is 10.7. The Hall–Kier alpha value is -0.340. The highest BCUT2D eigenvalue weighted by molar-refractivity contribution is 14.1. The maximum atomic E-state index is 12.2. The number of anilines is 1. The van der Waals surface area contributed by atoms with Gasteiger partial charge in [0.05, 0.1) is 4.75 Å². The van der Waals surface area contributed by atoms with Crippen molar-refractivity contribution in [1.29, 1.82) is 0 Å². The van der Waals surface area contributed by atoms with Gasteiger partial charge in [0.15, 0.2) is 0 Å². The number of hydrogen-bond donors (Lipinski definition) is 2. The van der Waals surface area contributed by atoms with Crippen LogP contribution < -0.4 is 10.0 Å². The molecule has 0 saturated heterocycles. The van der Waals surface area contributed by atoms with Crippen LogP contribution in [0.3, 0.4) is 0 Å². The third-order valence-corrected chi connectivity index (χ3v) is 7.39. The summed E-state index contributed by atoms with van der Waals surface area (Å²) in [5, 5.41) is 3.49. The second-order valence-electron chi connectivity index (χ2n) is 7.34. The van der Waals surface area contributed by atoms with Gasteiger partial charge in [0.1, 0.15) is 0 Å². The largest absolute Gasteiger partial charge is 0.385 e. The molecule has 6 heteroatoms. The summed E-state index contributed by atoms with van der Waals surface area (Å²) in [6.45, 7) is 6.18. The molecule has 2 rings (SSSR count). The van der Waals surface area contributed by atoms with Crippen molar-refractivity contribution in [1.82, 2.24) is 4.72 Å². The van der Waals surface area contributed by atoms with Crippen LogP contribution in [-0.4, -0.2) is 25.8 Å². The molecule has 1 aliphatic rings. The summed E-state index contributed by atoms with van der Waals surface area (Å²) in [4.78, 5) is 0. The Morgan fingerprint density at radius 2 is 1.65 bits per heavy atom. The summed E-state index contributed by atoms with van der Waals surface area (Å²) in [5.41, 5.74) is 1.15. The molecule has 23 heavy (non-hydrogen) atoms. The maximum Gasteiger partial charge on any atom is 0.216 e. The fourth-order valence-electron chi connectivity index (χ4n) is 2.71. The molecule has 0 spiro atoms. The van der Waals surface area contributed by atoms with E-state index in [1.807, 2.05) is 0 Å². The van der Waals surface area contributed by atoms with Crippen molar-refractivity contribution in [2.24, 2.45) is 5.92 Å². The molecule has 4 nitrogen and oxygen atoms in total. The monoisotopic (exact) mass is 450 g/mol. The first-order valence-corrected chi connectivity index (χ1v) is 10.7. The van der Waals surface area contributed by atoms with Crippen LogP contribution in [0.15, 0.2) is 24.3 Å². The van der Waals surface area contributed by atoms with Gasteiger partial charge in [-0.1, -0.05) is 0 Å². The highest BCUT2D eigenvalue weighted by Crippen LogP contribution is 2.26. The highest BCUT2D eigenvalue weighted by Gasteiger charge is 2.32. The lowest BCUT2D eigenvalue weighted by Gasteiger charge is -2.31. The molecule has 130 valence electrons. The van der Waals surface area contributed by atoms with Gasteiger partial charge in [-0.2, -0.15) is 0 Å². The van der Waals surface area contributed by atoms with E-state index in [1.165, 1.54) is 3.57 Å². The topological polar surface area (TPSA) is 58.2 Å². The van der Waals surface area contributed by atoms with Gasteiger partial charge in [0, 0.05) is 21.8 Å². The lowest BCUT2D eigenvalue weighted by Crippen LogP contribution is -2.46. The van der Waals surface area contributed by atoms with Crippen LogP contribution in [0.25, 0.3) is 0 Å². The zero-order chi connectivity index (χ0) is 17.1. The van der Waals surface area contributed by atoms with E-state index < -0.39 is 14.8 Å². The van der Waals surface area contributed by atoms with Gasteiger partial charge < -0.3 is 5.32 Å². The summed E-state index contributed by atoms with van der Waals surface area (Å²) in [6, 6.07) is 8.49. The van der Waals surface area contributed by atoms with E-state index in [0.29, 0.717) is 5.92 Å². The zero-order valence-corrected chi connectivity index (χ0v) is 17.1. The van der Waals surface area contributed by atoms with Crippen LogP contribution in [-0.2, 0) is 10.0 Å². The Balaban J connectivity index is 1.77. The van der Waals surface area contributed by atoms with Crippen LogP contribution in [0, 0.1) is 9.49 Å². The Morgan fingerprint density at radius 3 is 2.17 bits per heavy atom. The van der Waals surface area contributed by atoms with Crippen LogP contribution in [0.1, 0.15) is 46.5 Å². The molecule has 0 unspecified atom stereocenters. The van der Waals surface area contributed by atoms with E-state index in [9.17, 15) is 8.42 Å². The van der Waals surface area contributed by atoms with Crippen molar-refractivity contribution in [3.8, 4) is 0 Å². The average Bonchev–Trinajstić information content (AvgIpc) is 2.47. The smallest absolute Gasteiger partial charge is 0.216 e.